The van der Waals surface area contributed by atoms with E-state index in [0.29, 0.717) is 12.3 Å². The van der Waals surface area contributed by atoms with E-state index in [4.69, 9.17) is 10.00 Å². The Labute approximate surface area is 109 Å². The van der Waals surface area contributed by atoms with Crippen LogP contribution in [0.15, 0.2) is 0 Å². The number of ether oxygens (including phenoxy) is 1. The third kappa shape index (κ3) is 7.13. The van der Waals surface area contributed by atoms with Crippen molar-refractivity contribution in [2.24, 2.45) is 5.92 Å². The van der Waals surface area contributed by atoms with Crippen LogP contribution < -0.4 is 5.32 Å². The Morgan fingerprint density at radius 2 is 2.06 bits per heavy atom. The van der Waals surface area contributed by atoms with Gasteiger partial charge in [0.1, 0.15) is 5.60 Å². The molecule has 2 N–H and O–H groups in total. The third-order valence-corrected chi connectivity index (χ3v) is 2.57. The van der Waals surface area contributed by atoms with Crippen LogP contribution in [0.2, 0.25) is 0 Å². The van der Waals surface area contributed by atoms with Crippen molar-refractivity contribution in [2.75, 3.05) is 0 Å². The highest BCUT2D eigenvalue weighted by molar-refractivity contribution is 5.68. The lowest BCUT2D eigenvalue weighted by Crippen LogP contribution is -2.45. The predicted octanol–water partition coefficient (Wildman–Crippen LogP) is 2.20. The van der Waals surface area contributed by atoms with Crippen molar-refractivity contribution in [1.29, 1.82) is 5.26 Å². The van der Waals surface area contributed by atoms with E-state index in [9.17, 15) is 9.90 Å². The number of aliphatic hydroxyl groups excluding tert-OH is 1. The molecule has 1 amide bonds. The van der Waals surface area contributed by atoms with Gasteiger partial charge in [0.15, 0.2) is 6.10 Å². The summed E-state index contributed by atoms with van der Waals surface area (Å²) in [5.74, 6) is 0.313. The van der Waals surface area contributed by atoms with Gasteiger partial charge in [0.05, 0.1) is 12.1 Å². The molecule has 18 heavy (non-hydrogen) atoms. The molecule has 3 unspecified atom stereocenters. The molecule has 0 aromatic rings. The smallest absolute Gasteiger partial charge is 0.407 e. The summed E-state index contributed by atoms with van der Waals surface area (Å²) in [4.78, 5) is 11.6. The quantitative estimate of drug-likeness (QED) is 0.739. The van der Waals surface area contributed by atoms with Crippen LogP contribution in [0.4, 0.5) is 4.79 Å². The lowest BCUT2D eigenvalue weighted by atomic mass is 9.96. The van der Waals surface area contributed by atoms with Crippen molar-refractivity contribution in [3.63, 3.8) is 0 Å². The van der Waals surface area contributed by atoms with Gasteiger partial charge in [0.2, 0.25) is 0 Å². The monoisotopic (exact) mass is 256 g/mol. The molecule has 0 heterocycles. The molecule has 0 saturated carbocycles. The number of hydrogen-bond acceptors (Lipinski definition) is 4. The highest BCUT2D eigenvalue weighted by Crippen LogP contribution is 2.14. The molecule has 0 fully saturated rings. The van der Waals surface area contributed by atoms with Crippen LogP contribution in [0, 0.1) is 17.2 Å². The van der Waals surface area contributed by atoms with Crippen LogP contribution in [-0.4, -0.2) is 28.9 Å². The van der Waals surface area contributed by atoms with Gasteiger partial charge in [-0.15, -0.1) is 0 Å². The standard InChI is InChI=1S/C13H24N2O3/c1-6-9(2)7-10(11(16)8-14)15-12(17)18-13(3,4)5/h9-11,16H,6-7H2,1-5H3,(H,15,17). The zero-order valence-electron chi connectivity index (χ0n) is 11.9. The van der Waals surface area contributed by atoms with E-state index < -0.39 is 23.8 Å². The molecule has 0 rings (SSSR count). The van der Waals surface area contributed by atoms with Gasteiger partial charge in [-0.05, 0) is 33.1 Å². The maximum Gasteiger partial charge on any atom is 0.407 e. The van der Waals surface area contributed by atoms with Gasteiger partial charge in [0.25, 0.3) is 0 Å². The first-order valence-corrected chi connectivity index (χ1v) is 6.26. The predicted molar refractivity (Wildman–Crippen MR) is 68.8 cm³/mol. The van der Waals surface area contributed by atoms with Crippen LogP contribution in [-0.2, 0) is 4.74 Å². The minimum absolute atomic E-state index is 0.313. The largest absolute Gasteiger partial charge is 0.444 e. The lowest BCUT2D eigenvalue weighted by Gasteiger charge is -2.25. The molecule has 3 atom stereocenters. The molecular formula is C13H24N2O3. The molecular weight excluding hydrogens is 232 g/mol. The normalized spacial score (nSPS) is 16.3. The summed E-state index contributed by atoms with van der Waals surface area (Å²) in [6.07, 6.45) is -0.355. The Morgan fingerprint density at radius 1 is 1.50 bits per heavy atom. The first-order valence-electron chi connectivity index (χ1n) is 6.26. The fraction of sp³-hybridized carbons (Fsp3) is 0.846. The second-order valence-electron chi connectivity index (χ2n) is 5.58. The lowest BCUT2D eigenvalue weighted by molar-refractivity contribution is 0.0444. The highest BCUT2D eigenvalue weighted by Gasteiger charge is 2.25. The molecule has 0 aromatic heterocycles. The van der Waals surface area contributed by atoms with Crippen molar-refractivity contribution in [3.8, 4) is 6.07 Å². The van der Waals surface area contributed by atoms with E-state index >= 15 is 0 Å². The highest BCUT2D eigenvalue weighted by atomic mass is 16.6. The number of nitriles is 1. The van der Waals surface area contributed by atoms with Crippen molar-refractivity contribution < 1.29 is 14.6 Å². The van der Waals surface area contributed by atoms with Crippen molar-refractivity contribution in [2.45, 2.75) is 65.2 Å². The SMILES string of the molecule is CCC(C)CC(NC(=O)OC(C)(C)C)C(O)C#N. The number of amides is 1. The molecule has 0 aliphatic heterocycles. The Kier molecular flexibility index (Phi) is 6.71. The number of rotatable bonds is 5. The van der Waals surface area contributed by atoms with E-state index in [1.807, 2.05) is 13.8 Å². The maximum atomic E-state index is 11.6. The van der Waals surface area contributed by atoms with Crippen molar-refractivity contribution >= 4 is 6.09 Å². The topological polar surface area (TPSA) is 82.3 Å². The Hall–Kier alpha value is -1.28. The molecule has 5 nitrogen and oxygen atoms in total. The number of nitrogens with one attached hydrogen (secondary N) is 1. The van der Waals surface area contributed by atoms with Crippen LogP contribution in [0.25, 0.3) is 0 Å². The maximum absolute atomic E-state index is 11.6. The molecule has 0 spiro atoms. The first kappa shape index (κ1) is 16.7. The van der Waals surface area contributed by atoms with Gasteiger partial charge >= 0.3 is 6.09 Å². The van der Waals surface area contributed by atoms with Gasteiger partial charge < -0.3 is 15.2 Å². The molecule has 0 bridgehead atoms. The summed E-state index contributed by atoms with van der Waals surface area (Å²) in [7, 11) is 0. The summed E-state index contributed by atoms with van der Waals surface area (Å²) in [5.41, 5.74) is -0.595. The van der Waals surface area contributed by atoms with Gasteiger partial charge in [-0.2, -0.15) is 5.26 Å². The average molecular weight is 256 g/mol. The van der Waals surface area contributed by atoms with E-state index in [1.54, 1.807) is 26.8 Å². The average Bonchev–Trinajstić information content (AvgIpc) is 2.24. The summed E-state index contributed by atoms with van der Waals surface area (Å²) in [6.45, 7) is 9.31. The van der Waals surface area contributed by atoms with Gasteiger partial charge in [-0.1, -0.05) is 20.3 Å². The van der Waals surface area contributed by atoms with E-state index in [0.717, 1.165) is 6.42 Å². The van der Waals surface area contributed by atoms with Crippen molar-refractivity contribution in [1.82, 2.24) is 5.32 Å². The van der Waals surface area contributed by atoms with Crippen LogP contribution >= 0.6 is 0 Å². The molecule has 0 saturated heterocycles. The molecule has 5 heteroatoms. The summed E-state index contributed by atoms with van der Waals surface area (Å²) in [6, 6.07) is 1.15. The zero-order chi connectivity index (χ0) is 14.3. The second kappa shape index (κ2) is 7.22. The first-order chi connectivity index (χ1) is 8.19. The molecule has 104 valence electrons. The van der Waals surface area contributed by atoms with Crippen LogP contribution in [0.5, 0.6) is 0 Å². The molecule has 0 aromatic carbocycles. The van der Waals surface area contributed by atoms with E-state index in [2.05, 4.69) is 5.32 Å². The van der Waals surface area contributed by atoms with Gasteiger partial charge in [-0.3, -0.25) is 0 Å². The fourth-order valence-electron chi connectivity index (χ4n) is 1.42. The molecule has 0 aliphatic carbocycles. The second-order valence-corrected chi connectivity index (χ2v) is 5.58. The number of nitrogens with zero attached hydrogens (tertiary/aromatic N) is 1. The Balaban J connectivity index is 4.51. The zero-order valence-corrected chi connectivity index (χ0v) is 11.9. The van der Waals surface area contributed by atoms with Gasteiger partial charge in [0, 0.05) is 0 Å². The van der Waals surface area contributed by atoms with E-state index in [1.165, 1.54) is 0 Å². The number of carbonyl (C=O) groups is 1. The number of aliphatic hydroxyl groups is 1. The van der Waals surface area contributed by atoms with Crippen LogP contribution in [0.3, 0.4) is 0 Å². The van der Waals surface area contributed by atoms with Crippen LogP contribution in [0.1, 0.15) is 47.5 Å². The molecule has 0 radical (unpaired) electrons. The van der Waals surface area contributed by atoms with Gasteiger partial charge in [-0.25, -0.2) is 4.79 Å². The minimum atomic E-state index is -1.22. The Morgan fingerprint density at radius 3 is 2.44 bits per heavy atom. The van der Waals surface area contributed by atoms with Crippen molar-refractivity contribution in [3.05, 3.63) is 0 Å². The third-order valence-electron chi connectivity index (χ3n) is 2.57. The summed E-state index contributed by atoms with van der Waals surface area (Å²) in [5, 5.41) is 20.9. The van der Waals surface area contributed by atoms with E-state index in [-0.39, 0.29) is 0 Å². The molecule has 0 aliphatic rings. The minimum Gasteiger partial charge on any atom is -0.444 e. The summed E-state index contributed by atoms with van der Waals surface area (Å²) < 4.78 is 5.11. The number of alkyl carbamates (subject to hydrolysis) is 1. The number of hydrogen-bond donors (Lipinski definition) is 2. The fourth-order valence-corrected chi connectivity index (χ4v) is 1.42. The number of carbonyl (C=O) groups excluding carboxylic acids is 1. The Bertz CT molecular complexity index is 304. The summed E-state index contributed by atoms with van der Waals surface area (Å²) >= 11 is 0.